The Kier molecular flexibility index (Phi) is 4.66. The van der Waals surface area contributed by atoms with Crippen LogP contribution in [0.3, 0.4) is 0 Å². The lowest BCUT2D eigenvalue weighted by Gasteiger charge is -2.43. The van der Waals surface area contributed by atoms with Gasteiger partial charge in [0.25, 0.3) is 0 Å². The molecular formula is C15H30N2S. The molecule has 1 unspecified atom stereocenters. The van der Waals surface area contributed by atoms with E-state index in [1.54, 1.807) is 0 Å². The van der Waals surface area contributed by atoms with Crippen LogP contribution in [0.4, 0.5) is 0 Å². The highest BCUT2D eigenvalue weighted by molar-refractivity contribution is 7.99. The molecule has 2 rings (SSSR count). The highest BCUT2D eigenvalue weighted by Crippen LogP contribution is 2.36. The third-order valence-corrected chi connectivity index (χ3v) is 6.15. The van der Waals surface area contributed by atoms with E-state index in [0.717, 1.165) is 0 Å². The van der Waals surface area contributed by atoms with Gasteiger partial charge < -0.3 is 10.2 Å². The second-order valence-electron chi connectivity index (χ2n) is 7.36. The molecule has 0 aromatic heterocycles. The van der Waals surface area contributed by atoms with Gasteiger partial charge >= 0.3 is 0 Å². The molecule has 2 fully saturated rings. The lowest BCUT2D eigenvalue weighted by atomic mass is 9.78. The van der Waals surface area contributed by atoms with E-state index < -0.39 is 0 Å². The summed E-state index contributed by atoms with van der Waals surface area (Å²) >= 11 is 2.12. The number of hydrogen-bond donors (Lipinski definition) is 1. The molecule has 2 saturated heterocycles. The molecule has 3 heteroatoms. The second kappa shape index (κ2) is 5.72. The minimum atomic E-state index is 0.479. The fraction of sp³-hybridized carbons (Fsp3) is 1.00. The zero-order chi connectivity index (χ0) is 13.2. The van der Waals surface area contributed by atoms with Crippen LogP contribution in [-0.2, 0) is 0 Å². The van der Waals surface area contributed by atoms with Gasteiger partial charge in [0, 0.05) is 18.3 Å². The van der Waals surface area contributed by atoms with Gasteiger partial charge in [0.2, 0.25) is 0 Å². The van der Waals surface area contributed by atoms with Gasteiger partial charge in [0.15, 0.2) is 0 Å². The summed E-state index contributed by atoms with van der Waals surface area (Å²) in [6.07, 6.45) is 4.04. The van der Waals surface area contributed by atoms with Gasteiger partial charge in [0.1, 0.15) is 0 Å². The minimum absolute atomic E-state index is 0.479. The molecule has 0 radical (unpaired) electrons. The minimum Gasteiger partial charge on any atom is -0.312 e. The van der Waals surface area contributed by atoms with Crippen molar-refractivity contribution in [2.45, 2.75) is 46.1 Å². The van der Waals surface area contributed by atoms with Crippen LogP contribution in [0.15, 0.2) is 0 Å². The van der Waals surface area contributed by atoms with Crippen LogP contribution in [0.5, 0.6) is 0 Å². The largest absolute Gasteiger partial charge is 0.312 e. The summed E-state index contributed by atoms with van der Waals surface area (Å²) in [5.74, 6) is 2.64. The first-order valence-electron chi connectivity index (χ1n) is 7.41. The van der Waals surface area contributed by atoms with Gasteiger partial charge in [-0.1, -0.05) is 20.8 Å². The first-order valence-corrected chi connectivity index (χ1v) is 8.57. The SMILES string of the molecule is CN1CCC(C)(CNC2CSCCC2(C)C)CC1. The van der Waals surface area contributed by atoms with Crippen LogP contribution in [-0.4, -0.2) is 49.1 Å². The highest BCUT2D eigenvalue weighted by atomic mass is 32.2. The summed E-state index contributed by atoms with van der Waals surface area (Å²) in [6, 6.07) is 0.702. The molecule has 0 aliphatic carbocycles. The van der Waals surface area contributed by atoms with E-state index in [0.29, 0.717) is 16.9 Å². The molecule has 0 bridgehead atoms. The maximum absolute atomic E-state index is 3.90. The van der Waals surface area contributed by atoms with Crippen molar-refractivity contribution in [2.24, 2.45) is 10.8 Å². The summed E-state index contributed by atoms with van der Waals surface area (Å²) in [6.45, 7) is 11.1. The quantitative estimate of drug-likeness (QED) is 0.849. The van der Waals surface area contributed by atoms with Crippen molar-refractivity contribution in [3.8, 4) is 0 Å². The third-order valence-electron chi connectivity index (χ3n) is 5.09. The first-order chi connectivity index (χ1) is 8.41. The van der Waals surface area contributed by atoms with Crippen LogP contribution in [0, 0.1) is 10.8 Å². The molecule has 0 aromatic carbocycles. The number of piperidine rings is 1. The molecule has 18 heavy (non-hydrogen) atoms. The van der Waals surface area contributed by atoms with Gasteiger partial charge in [-0.3, -0.25) is 0 Å². The second-order valence-corrected chi connectivity index (χ2v) is 8.51. The number of rotatable bonds is 3. The topological polar surface area (TPSA) is 15.3 Å². The van der Waals surface area contributed by atoms with Crippen LogP contribution >= 0.6 is 11.8 Å². The van der Waals surface area contributed by atoms with E-state index in [9.17, 15) is 0 Å². The zero-order valence-corrected chi connectivity index (χ0v) is 13.4. The van der Waals surface area contributed by atoms with Gasteiger partial charge in [0.05, 0.1) is 0 Å². The average Bonchev–Trinajstić information content (AvgIpc) is 2.32. The van der Waals surface area contributed by atoms with Gasteiger partial charge in [-0.2, -0.15) is 11.8 Å². The maximum Gasteiger partial charge on any atom is 0.0209 e. The van der Waals surface area contributed by atoms with Crippen molar-refractivity contribution < 1.29 is 0 Å². The molecule has 0 saturated carbocycles. The molecule has 2 aliphatic rings. The normalized spacial score (nSPS) is 32.3. The van der Waals surface area contributed by atoms with E-state index in [1.807, 2.05) is 0 Å². The molecule has 2 heterocycles. The number of nitrogens with one attached hydrogen (secondary N) is 1. The van der Waals surface area contributed by atoms with E-state index in [1.165, 1.54) is 50.4 Å². The Hall–Kier alpha value is 0.270. The monoisotopic (exact) mass is 270 g/mol. The Morgan fingerprint density at radius 3 is 2.44 bits per heavy atom. The average molecular weight is 270 g/mol. The smallest absolute Gasteiger partial charge is 0.0209 e. The molecular weight excluding hydrogens is 240 g/mol. The fourth-order valence-corrected chi connectivity index (χ4v) is 4.62. The van der Waals surface area contributed by atoms with Crippen LogP contribution in [0.25, 0.3) is 0 Å². The van der Waals surface area contributed by atoms with Crippen molar-refractivity contribution in [1.82, 2.24) is 10.2 Å². The Morgan fingerprint density at radius 2 is 1.83 bits per heavy atom. The Labute approximate surface area is 117 Å². The van der Waals surface area contributed by atoms with Gasteiger partial charge in [-0.25, -0.2) is 0 Å². The molecule has 106 valence electrons. The van der Waals surface area contributed by atoms with E-state index in [2.05, 4.69) is 49.8 Å². The molecule has 0 aromatic rings. The number of thioether (sulfide) groups is 1. The van der Waals surface area contributed by atoms with Gasteiger partial charge in [-0.05, 0) is 56.0 Å². The van der Waals surface area contributed by atoms with E-state index >= 15 is 0 Å². The zero-order valence-electron chi connectivity index (χ0n) is 12.6. The van der Waals surface area contributed by atoms with E-state index in [-0.39, 0.29) is 0 Å². The molecule has 1 atom stereocenters. The van der Waals surface area contributed by atoms with Gasteiger partial charge in [-0.15, -0.1) is 0 Å². The van der Waals surface area contributed by atoms with Crippen molar-refractivity contribution in [3.63, 3.8) is 0 Å². The summed E-state index contributed by atoms with van der Waals surface area (Å²) < 4.78 is 0. The molecule has 0 amide bonds. The lowest BCUT2D eigenvalue weighted by Crippen LogP contribution is -2.51. The Bertz CT molecular complexity index is 270. The van der Waals surface area contributed by atoms with Crippen molar-refractivity contribution >= 4 is 11.8 Å². The summed E-state index contributed by atoms with van der Waals surface area (Å²) in [4.78, 5) is 2.46. The molecule has 2 aliphatic heterocycles. The Balaban J connectivity index is 1.83. The number of likely N-dealkylation sites (tertiary alicyclic amines) is 1. The fourth-order valence-electron chi connectivity index (χ4n) is 2.98. The van der Waals surface area contributed by atoms with Crippen LogP contribution in [0.1, 0.15) is 40.0 Å². The summed E-state index contributed by atoms with van der Waals surface area (Å²) in [5, 5.41) is 3.90. The van der Waals surface area contributed by atoms with Crippen LogP contribution in [0.2, 0.25) is 0 Å². The van der Waals surface area contributed by atoms with Crippen LogP contribution < -0.4 is 5.32 Å². The summed E-state index contributed by atoms with van der Waals surface area (Å²) in [5.41, 5.74) is 0.998. The third kappa shape index (κ3) is 3.64. The van der Waals surface area contributed by atoms with Crippen molar-refractivity contribution in [1.29, 1.82) is 0 Å². The highest BCUT2D eigenvalue weighted by Gasteiger charge is 2.35. The standard InChI is InChI=1S/C15H30N2S/c1-14(2)7-10-18-11-13(14)16-12-15(3)5-8-17(4)9-6-15/h13,16H,5-12H2,1-4H3. The maximum atomic E-state index is 3.90. The predicted octanol–water partition coefficient (Wildman–Crippen LogP) is 2.84. The number of nitrogens with zero attached hydrogens (tertiary/aromatic N) is 1. The Morgan fingerprint density at radius 1 is 1.17 bits per heavy atom. The van der Waals surface area contributed by atoms with E-state index in [4.69, 9.17) is 0 Å². The molecule has 1 N–H and O–H groups in total. The van der Waals surface area contributed by atoms with Crippen molar-refractivity contribution in [2.75, 3.05) is 38.2 Å². The molecule has 0 spiro atoms. The summed E-state index contributed by atoms with van der Waals surface area (Å²) in [7, 11) is 2.24. The predicted molar refractivity (Wildman–Crippen MR) is 82.4 cm³/mol. The first kappa shape index (κ1) is 14.7. The number of hydrogen-bond acceptors (Lipinski definition) is 3. The molecule has 2 nitrogen and oxygen atoms in total. The van der Waals surface area contributed by atoms with Crippen molar-refractivity contribution in [3.05, 3.63) is 0 Å². The lowest BCUT2D eigenvalue weighted by molar-refractivity contribution is 0.123.